The van der Waals surface area contributed by atoms with E-state index in [4.69, 9.17) is 0 Å². The van der Waals surface area contributed by atoms with Crippen molar-refractivity contribution in [2.75, 3.05) is 6.54 Å². The second kappa shape index (κ2) is 3.51. The first-order valence-electron chi connectivity index (χ1n) is 5.14. The van der Waals surface area contributed by atoms with Crippen molar-refractivity contribution in [1.82, 2.24) is 5.32 Å². The van der Waals surface area contributed by atoms with Crippen molar-refractivity contribution in [1.29, 1.82) is 0 Å². The third-order valence-corrected chi connectivity index (χ3v) is 2.93. The summed E-state index contributed by atoms with van der Waals surface area (Å²) in [4.78, 5) is 0. The largest absolute Gasteiger partial charge is 0.307 e. The SMILES string of the molecule is CCC(C)c1ccc(C2CN2)cc1. The van der Waals surface area contributed by atoms with Crippen LogP contribution in [-0.2, 0) is 0 Å². The van der Waals surface area contributed by atoms with Gasteiger partial charge in [-0.1, -0.05) is 38.1 Å². The molecule has 1 saturated heterocycles. The van der Waals surface area contributed by atoms with E-state index in [1.165, 1.54) is 17.5 Å². The zero-order valence-corrected chi connectivity index (χ0v) is 8.38. The van der Waals surface area contributed by atoms with Crippen molar-refractivity contribution >= 4 is 0 Å². The van der Waals surface area contributed by atoms with E-state index >= 15 is 0 Å². The van der Waals surface area contributed by atoms with Crippen LogP contribution in [0.25, 0.3) is 0 Å². The van der Waals surface area contributed by atoms with Crippen LogP contribution >= 0.6 is 0 Å². The molecule has 2 rings (SSSR count). The van der Waals surface area contributed by atoms with Crippen molar-refractivity contribution in [3.63, 3.8) is 0 Å². The maximum Gasteiger partial charge on any atom is 0.0447 e. The van der Waals surface area contributed by atoms with Gasteiger partial charge in [-0.3, -0.25) is 0 Å². The molecule has 2 unspecified atom stereocenters. The topological polar surface area (TPSA) is 21.9 Å². The van der Waals surface area contributed by atoms with Gasteiger partial charge >= 0.3 is 0 Å². The molecule has 1 aliphatic rings. The van der Waals surface area contributed by atoms with Crippen LogP contribution in [0.2, 0.25) is 0 Å². The first-order chi connectivity index (χ1) is 6.31. The van der Waals surface area contributed by atoms with Crippen LogP contribution in [0.1, 0.15) is 43.4 Å². The molecular weight excluding hydrogens is 158 g/mol. The molecule has 1 N–H and O–H groups in total. The average molecular weight is 175 g/mol. The summed E-state index contributed by atoms with van der Waals surface area (Å²) in [7, 11) is 0. The third kappa shape index (κ3) is 1.92. The Hall–Kier alpha value is -0.820. The highest BCUT2D eigenvalue weighted by Gasteiger charge is 2.21. The highest BCUT2D eigenvalue weighted by molar-refractivity contribution is 5.29. The second-order valence-corrected chi connectivity index (χ2v) is 3.94. The maximum atomic E-state index is 3.31. The monoisotopic (exact) mass is 175 g/mol. The lowest BCUT2D eigenvalue weighted by molar-refractivity contribution is 0.733. The molecule has 1 heteroatoms. The normalized spacial score (nSPS) is 22.8. The molecule has 0 radical (unpaired) electrons. The highest BCUT2D eigenvalue weighted by Crippen LogP contribution is 2.24. The van der Waals surface area contributed by atoms with Crippen LogP contribution in [-0.4, -0.2) is 6.54 Å². The van der Waals surface area contributed by atoms with Crippen molar-refractivity contribution in [3.05, 3.63) is 35.4 Å². The van der Waals surface area contributed by atoms with Gasteiger partial charge in [-0.15, -0.1) is 0 Å². The molecule has 0 amide bonds. The molecule has 1 aromatic rings. The second-order valence-electron chi connectivity index (χ2n) is 3.94. The summed E-state index contributed by atoms with van der Waals surface area (Å²) >= 11 is 0. The molecule has 1 aliphatic heterocycles. The lowest BCUT2D eigenvalue weighted by Crippen LogP contribution is -1.92. The van der Waals surface area contributed by atoms with Crippen LogP contribution in [0.5, 0.6) is 0 Å². The fraction of sp³-hybridized carbons (Fsp3) is 0.500. The lowest BCUT2D eigenvalue weighted by atomic mass is 9.97. The Morgan fingerprint density at radius 2 is 2.00 bits per heavy atom. The van der Waals surface area contributed by atoms with Crippen molar-refractivity contribution in [3.8, 4) is 0 Å². The molecule has 70 valence electrons. The Morgan fingerprint density at radius 3 is 2.46 bits per heavy atom. The molecule has 1 nitrogen and oxygen atoms in total. The van der Waals surface area contributed by atoms with E-state index in [1.54, 1.807) is 0 Å². The Morgan fingerprint density at radius 1 is 1.38 bits per heavy atom. The van der Waals surface area contributed by atoms with Gasteiger partial charge < -0.3 is 5.32 Å². The van der Waals surface area contributed by atoms with E-state index in [9.17, 15) is 0 Å². The van der Waals surface area contributed by atoms with Crippen LogP contribution in [0, 0.1) is 0 Å². The number of hydrogen-bond acceptors (Lipinski definition) is 1. The van der Waals surface area contributed by atoms with Gasteiger partial charge in [0, 0.05) is 12.6 Å². The van der Waals surface area contributed by atoms with E-state index in [2.05, 4.69) is 43.4 Å². The first-order valence-corrected chi connectivity index (χ1v) is 5.14. The van der Waals surface area contributed by atoms with Crippen LogP contribution in [0.3, 0.4) is 0 Å². The Balaban J connectivity index is 2.12. The minimum Gasteiger partial charge on any atom is -0.307 e. The predicted molar refractivity (Wildman–Crippen MR) is 55.9 cm³/mol. The summed E-state index contributed by atoms with van der Waals surface area (Å²) < 4.78 is 0. The Kier molecular flexibility index (Phi) is 2.36. The van der Waals surface area contributed by atoms with Gasteiger partial charge in [0.05, 0.1) is 0 Å². The third-order valence-electron chi connectivity index (χ3n) is 2.93. The molecule has 0 bridgehead atoms. The van der Waals surface area contributed by atoms with Crippen LogP contribution < -0.4 is 5.32 Å². The van der Waals surface area contributed by atoms with Crippen LogP contribution in [0.4, 0.5) is 0 Å². The predicted octanol–water partition coefficient (Wildman–Crippen LogP) is 2.84. The van der Waals surface area contributed by atoms with Gasteiger partial charge in [-0.25, -0.2) is 0 Å². The maximum absolute atomic E-state index is 3.31. The van der Waals surface area contributed by atoms with E-state index < -0.39 is 0 Å². The summed E-state index contributed by atoms with van der Waals surface area (Å²) in [6.45, 7) is 5.67. The number of benzene rings is 1. The number of hydrogen-bond donors (Lipinski definition) is 1. The zero-order valence-electron chi connectivity index (χ0n) is 8.38. The summed E-state index contributed by atoms with van der Waals surface area (Å²) in [6, 6.07) is 9.69. The molecule has 0 saturated carbocycles. The molecule has 1 heterocycles. The standard InChI is InChI=1S/C12H17N/c1-3-9(2)10-4-6-11(7-5-10)12-8-13-12/h4-7,9,12-13H,3,8H2,1-2H3. The molecule has 13 heavy (non-hydrogen) atoms. The molecule has 0 aliphatic carbocycles. The fourth-order valence-corrected chi connectivity index (χ4v) is 1.59. The number of rotatable bonds is 3. The smallest absolute Gasteiger partial charge is 0.0447 e. The summed E-state index contributed by atoms with van der Waals surface area (Å²) in [5.74, 6) is 0.696. The van der Waals surface area contributed by atoms with Gasteiger partial charge in [-0.05, 0) is 23.5 Å². The van der Waals surface area contributed by atoms with Gasteiger partial charge in [0.2, 0.25) is 0 Å². The molecule has 0 spiro atoms. The van der Waals surface area contributed by atoms with Crippen molar-refractivity contribution in [2.24, 2.45) is 0 Å². The summed E-state index contributed by atoms with van der Waals surface area (Å²) in [6.07, 6.45) is 1.22. The van der Waals surface area contributed by atoms with E-state index in [1.807, 2.05) is 0 Å². The summed E-state index contributed by atoms with van der Waals surface area (Å²) in [5.41, 5.74) is 2.90. The van der Waals surface area contributed by atoms with Gasteiger partial charge in [0.1, 0.15) is 0 Å². The molecule has 2 atom stereocenters. The van der Waals surface area contributed by atoms with E-state index in [-0.39, 0.29) is 0 Å². The van der Waals surface area contributed by atoms with Gasteiger partial charge in [0.15, 0.2) is 0 Å². The molecule has 0 aromatic heterocycles. The lowest BCUT2D eigenvalue weighted by Gasteiger charge is -2.08. The molecule has 1 aromatic carbocycles. The van der Waals surface area contributed by atoms with Gasteiger partial charge in [-0.2, -0.15) is 0 Å². The van der Waals surface area contributed by atoms with Crippen LogP contribution in [0.15, 0.2) is 24.3 Å². The summed E-state index contributed by atoms with van der Waals surface area (Å²) in [5, 5.41) is 3.31. The Labute approximate surface area is 80.2 Å². The molecular formula is C12H17N. The first kappa shape index (κ1) is 8.76. The quantitative estimate of drug-likeness (QED) is 0.701. The Bertz CT molecular complexity index is 272. The zero-order chi connectivity index (χ0) is 9.26. The minimum absolute atomic E-state index is 0.644. The van der Waals surface area contributed by atoms with Crippen molar-refractivity contribution < 1.29 is 0 Å². The van der Waals surface area contributed by atoms with Crippen molar-refractivity contribution in [2.45, 2.75) is 32.2 Å². The fourth-order valence-electron chi connectivity index (χ4n) is 1.59. The number of nitrogens with one attached hydrogen (secondary N) is 1. The van der Waals surface area contributed by atoms with E-state index in [0.29, 0.717) is 12.0 Å². The highest BCUT2D eigenvalue weighted by atomic mass is 15.1. The molecule has 1 fully saturated rings. The average Bonchev–Trinajstić information content (AvgIpc) is 3.00. The minimum atomic E-state index is 0.644. The van der Waals surface area contributed by atoms with E-state index in [0.717, 1.165) is 6.54 Å². The van der Waals surface area contributed by atoms with Gasteiger partial charge in [0.25, 0.3) is 0 Å².